The lowest BCUT2D eigenvalue weighted by Gasteiger charge is -2.18. The summed E-state index contributed by atoms with van der Waals surface area (Å²) in [6.45, 7) is 0.877. The minimum atomic E-state index is -1.28. The lowest BCUT2D eigenvalue weighted by atomic mass is 10.1. The number of amides is 1. The van der Waals surface area contributed by atoms with E-state index in [0.717, 1.165) is 0 Å². The SMILES string of the molecule is O=C(Nc1ccc(O)c(C(=O)O)c1)c1ccc2c(c1)OCCO2. The molecule has 1 aliphatic heterocycles. The van der Waals surface area contributed by atoms with Crippen LogP contribution >= 0.6 is 0 Å². The molecule has 1 amide bonds. The van der Waals surface area contributed by atoms with Crippen LogP contribution < -0.4 is 14.8 Å². The van der Waals surface area contributed by atoms with E-state index in [1.807, 2.05) is 0 Å². The van der Waals surface area contributed by atoms with E-state index in [0.29, 0.717) is 30.3 Å². The molecule has 0 bridgehead atoms. The normalized spacial score (nSPS) is 12.5. The van der Waals surface area contributed by atoms with E-state index in [1.165, 1.54) is 18.2 Å². The number of anilines is 1. The highest BCUT2D eigenvalue weighted by atomic mass is 16.6. The first-order chi connectivity index (χ1) is 11.0. The summed E-state index contributed by atoms with van der Waals surface area (Å²) in [5, 5.41) is 21.0. The van der Waals surface area contributed by atoms with E-state index in [1.54, 1.807) is 18.2 Å². The van der Waals surface area contributed by atoms with E-state index in [2.05, 4.69) is 5.32 Å². The molecule has 23 heavy (non-hydrogen) atoms. The van der Waals surface area contributed by atoms with E-state index in [4.69, 9.17) is 14.6 Å². The lowest BCUT2D eigenvalue weighted by Crippen LogP contribution is -2.17. The van der Waals surface area contributed by atoms with Crippen molar-refractivity contribution in [3.05, 3.63) is 47.5 Å². The Morgan fingerprint density at radius 2 is 1.74 bits per heavy atom. The molecule has 0 unspecified atom stereocenters. The standard InChI is InChI=1S/C16H13NO6/c18-12-3-2-10(8-11(12)16(20)21)17-15(19)9-1-4-13-14(7-9)23-6-5-22-13/h1-4,7-8,18H,5-6H2,(H,17,19)(H,20,21). The van der Waals surface area contributed by atoms with Crippen LogP contribution in [-0.4, -0.2) is 35.3 Å². The molecule has 0 saturated heterocycles. The van der Waals surface area contributed by atoms with Crippen molar-refractivity contribution in [2.45, 2.75) is 0 Å². The number of ether oxygens (including phenoxy) is 2. The fourth-order valence-electron chi connectivity index (χ4n) is 2.17. The van der Waals surface area contributed by atoms with Crippen LogP contribution in [0.3, 0.4) is 0 Å². The summed E-state index contributed by atoms with van der Waals surface area (Å²) in [7, 11) is 0. The molecule has 118 valence electrons. The molecule has 0 radical (unpaired) electrons. The maximum atomic E-state index is 12.2. The molecule has 0 aliphatic carbocycles. The second kappa shape index (κ2) is 5.88. The van der Waals surface area contributed by atoms with Crippen LogP contribution in [0.15, 0.2) is 36.4 Å². The molecular formula is C16H13NO6. The molecular weight excluding hydrogens is 302 g/mol. The van der Waals surface area contributed by atoms with Gasteiger partial charge in [0.05, 0.1) is 0 Å². The largest absolute Gasteiger partial charge is 0.507 e. The van der Waals surface area contributed by atoms with Gasteiger partial charge in [0.1, 0.15) is 24.5 Å². The first-order valence-corrected chi connectivity index (χ1v) is 6.82. The van der Waals surface area contributed by atoms with Crippen LogP contribution in [0.25, 0.3) is 0 Å². The van der Waals surface area contributed by atoms with Crippen molar-refractivity contribution in [1.82, 2.24) is 0 Å². The van der Waals surface area contributed by atoms with Gasteiger partial charge < -0.3 is 25.0 Å². The molecule has 0 spiro atoms. The molecule has 0 aromatic heterocycles. The topological polar surface area (TPSA) is 105 Å². The Hall–Kier alpha value is -3.22. The zero-order chi connectivity index (χ0) is 16.4. The fourth-order valence-corrected chi connectivity index (χ4v) is 2.17. The molecule has 7 nitrogen and oxygen atoms in total. The Balaban J connectivity index is 1.82. The Kier molecular flexibility index (Phi) is 3.76. The van der Waals surface area contributed by atoms with E-state index < -0.39 is 11.9 Å². The van der Waals surface area contributed by atoms with Gasteiger partial charge in [-0.15, -0.1) is 0 Å². The number of carbonyl (C=O) groups excluding carboxylic acids is 1. The maximum Gasteiger partial charge on any atom is 0.339 e. The quantitative estimate of drug-likeness (QED) is 0.749. The smallest absolute Gasteiger partial charge is 0.339 e. The number of phenols is 1. The van der Waals surface area contributed by atoms with Crippen LogP contribution in [0.5, 0.6) is 17.2 Å². The number of nitrogens with one attached hydrogen (secondary N) is 1. The Bertz CT molecular complexity index is 786. The molecule has 2 aromatic carbocycles. The van der Waals surface area contributed by atoms with Gasteiger partial charge in [-0.25, -0.2) is 4.79 Å². The number of hydrogen-bond acceptors (Lipinski definition) is 5. The van der Waals surface area contributed by atoms with Gasteiger partial charge in [-0.3, -0.25) is 4.79 Å². The first-order valence-electron chi connectivity index (χ1n) is 6.82. The molecule has 0 fully saturated rings. The van der Waals surface area contributed by atoms with Gasteiger partial charge in [0, 0.05) is 11.3 Å². The van der Waals surface area contributed by atoms with Gasteiger partial charge in [0.2, 0.25) is 0 Å². The second-order valence-corrected chi connectivity index (χ2v) is 4.85. The summed E-state index contributed by atoms with van der Waals surface area (Å²) in [4.78, 5) is 23.2. The monoisotopic (exact) mass is 315 g/mol. The summed E-state index contributed by atoms with van der Waals surface area (Å²) in [5.41, 5.74) is 0.323. The third-order valence-electron chi connectivity index (χ3n) is 3.29. The van der Waals surface area contributed by atoms with Crippen molar-refractivity contribution in [3.63, 3.8) is 0 Å². The number of carboxylic acid groups (broad SMARTS) is 1. The predicted molar refractivity (Wildman–Crippen MR) is 80.5 cm³/mol. The van der Waals surface area contributed by atoms with Crippen LogP contribution in [0.4, 0.5) is 5.69 Å². The average Bonchev–Trinajstić information content (AvgIpc) is 2.55. The second-order valence-electron chi connectivity index (χ2n) is 4.85. The van der Waals surface area contributed by atoms with Crippen molar-refractivity contribution in [2.75, 3.05) is 18.5 Å². The fraction of sp³-hybridized carbons (Fsp3) is 0.125. The molecule has 0 atom stereocenters. The Morgan fingerprint density at radius 1 is 1.00 bits per heavy atom. The van der Waals surface area contributed by atoms with Gasteiger partial charge in [-0.05, 0) is 36.4 Å². The van der Waals surface area contributed by atoms with Gasteiger partial charge in [0.15, 0.2) is 11.5 Å². The lowest BCUT2D eigenvalue weighted by molar-refractivity contribution is 0.0693. The van der Waals surface area contributed by atoms with Crippen LogP contribution in [0.1, 0.15) is 20.7 Å². The van der Waals surface area contributed by atoms with E-state index in [9.17, 15) is 14.7 Å². The number of aromatic carboxylic acids is 1. The minimum absolute atomic E-state index is 0.264. The first kappa shape index (κ1) is 14.7. The predicted octanol–water partition coefficient (Wildman–Crippen LogP) is 2.11. The minimum Gasteiger partial charge on any atom is -0.507 e. The number of rotatable bonds is 3. The van der Waals surface area contributed by atoms with Crippen molar-refractivity contribution in [1.29, 1.82) is 0 Å². The molecule has 7 heteroatoms. The highest BCUT2D eigenvalue weighted by Gasteiger charge is 2.16. The van der Waals surface area contributed by atoms with Crippen LogP contribution in [0, 0.1) is 0 Å². The summed E-state index contributed by atoms with van der Waals surface area (Å²) in [6.07, 6.45) is 0. The third kappa shape index (κ3) is 3.03. The van der Waals surface area contributed by atoms with Gasteiger partial charge in [-0.1, -0.05) is 0 Å². The molecule has 2 aromatic rings. The summed E-state index contributed by atoms with van der Waals surface area (Å²) < 4.78 is 10.8. The average molecular weight is 315 g/mol. The number of benzene rings is 2. The summed E-state index contributed by atoms with van der Waals surface area (Å²) in [5.74, 6) is -1.01. The van der Waals surface area contributed by atoms with Crippen molar-refractivity contribution in [3.8, 4) is 17.2 Å². The molecule has 0 saturated carbocycles. The van der Waals surface area contributed by atoms with E-state index >= 15 is 0 Å². The number of carboxylic acids is 1. The molecule has 1 aliphatic rings. The number of aromatic hydroxyl groups is 1. The van der Waals surface area contributed by atoms with Gasteiger partial charge in [0.25, 0.3) is 5.91 Å². The van der Waals surface area contributed by atoms with Crippen LogP contribution in [-0.2, 0) is 0 Å². The van der Waals surface area contributed by atoms with Gasteiger partial charge >= 0.3 is 5.97 Å². The van der Waals surface area contributed by atoms with Crippen molar-refractivity contribution >= 4 is 17.6 Å². The van der Waals surface area contributed by atoms with E-state index in [-0.39, 0.29) is 17.0 Å². The number of fused-ring (bicyclic) bond motifs is 1. The zero-order valence-corrected chi connectivity index (χ0v) is 11.9. The number of carbonyl (C=O) groups is 2. The van der Waals surface area contributed by atoms with Gasteiger partial charge in [-0.2, -0.15) is 0 Å². The molecule has 1 heterocycles. The Morgan fingerprint density at radius 3 is 2.48 bits per heavy atom. The summed E-state index contributed by atoms with van der Waals surface area (Å²) >= 11 is 0. The maximum absolute atomic E-state index is 12.2. The Labute approximate surface area is 131 Å². The zero-order valence-electron chi connectivity index (χ0n) is 11.9. The number of hydrogen-bond donors (Lipinski definition) is 3. The summed E-state index contributed by atoms with van der Waals surface area (Å²) in [6, 6.07) is 8.60. The molecule has 3 rings (SSSR count). The highest BCUT2D eigenvalue weighted by Crippen LogP contribution is 2.31. The van der Waals surface area contributed by atoms with Crippen molar-refractivity contribution < 1.29 is 29.3 Å². The third-order valence-corrected chi connectivity index (χ3v) is 3.29. The highest BCUT2D eigenvalue weighted by molar-refractivity contribution is 6.05. The van der Waals surface area contributed by atoms with Crippen LogP contribution in [0.2, 0.25) is 0 Å². The van der Waals surface area contributed by atoms with Crippen molar-refractivity contribution in [2.24, 2.45) is 0 Å². The molecule has 3 N–H and O–H groups in total.